The normalized spacial score (nSPS) is 11.0. The van der Waals surface area contributed by atoms with Crippen molar-refractivity contribution in [2.24, 2.45) is 4.99 Å². The molecular weight excluding hydrogens is 587 g/mol. The Balaban J connectivity index is 0.00000400. The fraction of sp³-hybridized carbons (Fsp3) is 0.167. The molecule has 0 saturated heterocycles. The zero-order valence-corrected chi connectivity index (χ0v) is 24.4. The number of halogens is 3. The van der Waals surface area contributed by atoms with Crippen LogP contribution in [0.4, 0.5) is 10.1 Å². The highest BCUT2D eigenvalue weighted by Gasteiger charge is 2.16. The molecule has 0 atom stereocenters. The Morgan fingerprint density at radius 3 is 1.84 bits per heavy atom. The molecule has 4 rings (SSSR count). The van der Waals surface area contributed by atoms with Crippen LogP contribution in [0.25, 0.3) is 0 Å². The second kappa shape index (κ2) is 14.8. The second-order valence-corrected chi connectivity index (χ2v) is 9.67. The van der Waals surface area contributed by atoms with Gasteiger partial charge >= 0.3 is 0 Å². The average Bonchev–Trinajstić information content (AvgIpc) is 2.94. The molecule has 38 heavy (non-hydrogen) atoms. The molecule has 0 heterocycles. The number of nitrogens with zero attached hydrogens (tertiary/aromatic N) is 2. The maximum absolute atomic E-state index is 13.8. The van der Waals surface area contributed by atoms with Gasteiger partial charge in [-0.15, -0.1) is 17.0 Å². The lowest BCUT2D eigenvalue weighted by molar-refractivity contribution is 0.405. The SMILES string of the molecule is Br.COc1ccc(CN(Cc2ccc(OC)cc2)C(=Nc2ccc(F)c(Cl)c2)SCc2ccccc2)cc1. The van der Waals surface area contributed by atoms with Crippen LogP contribution in [0.1, 0.15) is 16.7 Å². The zero-order chi connectivity index (χ0) is 26.0. The molecule has 0 amide bonds. The van der Waals surface area contributed by atoms with Crippen molar-refractivity contribution in [3.8, 4) is 11.5 Å². The van der Waals surface area contributed by atoms with Crippen molar-refractivity contribution in [3.63, 3.8) is 0 Å². The van der Waals surface area contributed by atoms with E-state index < -0.39 is 5.82 Å². The second-order valence-electron chi connectivity index (χ2n) is 8.32. The van der Waals surface area contributed by atoms with Gasteiger partial charge in [-0.05, 0) is 59.2 Å². The first-order valence-electron chi connectivity index (χ1n) is 11.8. The van der Waals surface area contributed by atoms with E-state index in [2.05, 4.69) is 17.0 Å². The topological polar surface area (TPSA) is 34.1 Å². The number of ether oxygens (including phenoxy) is 2. The summed E-state index contributed by atoms with van der Waals surface area (Å²) < 4.78 is 24.5. The molecule has 8 heteroatoms. The van der Waals surface area contributed by atoms with Gasteiger partial charge in [0, 0.05) is 18.8 Å². The number of thioether (sulfide) groups is 1. The molecule has 4 aromatic rings. The smallest absolute Gasteiger partial charge is 0.165 e. The zero-order valence-electron chi connectivity index (χ0n) is 21.1. The first-order chi connectivity index (χ1) is 18.0. The standard InChI is InChI=1S/C30H28ClFN2O2S.BrH/c1-35-26-13-8-22(9-14-26)19-34(20-23-10-15-27(36-2)16-11-23)30(37-21-24-6-4-3-5-7-24)33-25-12-17-29(32)28(31)18-25;/h3-18H,19-21H2,1-2H3;1H. The van der Waals surface area contributed by atoms with Crippen LogP contribution < -0.4 is 9.47 Å². The molecule has 0 aromatic heterocycles. The monoisotopic (exact) mass is 614 g/mol. The minimum Gasteiger partial charge on any atom is -0.497 e. The van der Waals surface area contributed by atoms with Crippen LogP contribution in [-0.4, -0.2) is 24.3 Å². The van der Waals surface area contributed by atoms with Crippen LogP contribution in [0.5, 0.6) is 11.5 Å². The third-order valence-electron chi connectivity index (χ3n) is 5.67. The number of benzene rings is 4. The van der Waals surface area contributed by atoms with Gasteiger partial charge in [0.2, 0.25) is 0 Å². The Morgan fingerprint density at radius 1 is 0.789 bits per heavy atom. The number of rotatable bonds is 9. The molecule has 4 aromatic carbocycles. The van der Waals surface area contributed by atoms with Crippen LogP contribution in [-0.2, 0) is 18.8 Å². The molecule has 0 bridgehead atoms. The summed E-state index contributed by atoms with van der Waals surface area (Å²) in [5.74, 6) is 1.88. The van der Waals surface area contributed by atoms with E-state index in [1.165, 1.54) is 11.6 Å². The molecule has 0 aliphatic heterocycles. The molecule has 0 aliphatic carbocycles. The van der Waals surface area contributed by atoms with Crippen molar-refractivity contribution in [3.05, 3.63) is 125 Å². The molecule has 0 N–H and O–H groups in total. The first-order valence-corrected chi connectivity index (χ1v) is 13.1. The summed E-state index contributed by atoms with van der Waals surface area (Å²) in [6, 6.07) is 30.8. The Bertz CT molecular complexity index is 1270. The van der Waals surface area contributed by atoms with E-state index in [-0.39, 0.29) is 22.0 Å². The van der Waals surface area contributed by atoms with E-state index >= 15 is 0 Å². The van der Waals surface area contributed by atoms with Crippen molar-refractivity contribution in [2.45, 2.75) is 18.8 Å². The van der Waals surface area contributed by atoms with E-state index in [0.29, 0.717) is 18.8 Å². The number of methoxy groups -OCH3 is 2. The largest absolute Gasteiger partial charge is 0.497 e. The van der Waals surface area contributed by atoms with E-state index in [1.807, 2.05) is 66.7 Å². The van der Waals surface area contributed by atoms with Crippen LogP contribution in [0.3, 0.4) is 0 Å². The summed E-state index contributed by atoms with van der Waals surface area (Å²) in [4.78, 5) is 7.16. The molecule has 0 aliphatic rings. The van der Waals surface area contributed by atoms with Gasteiger partial charge in [0.25, 0.3) is 0 Å². The van der Waals surface area contributed by atoms with Gasteiger partial charge in [-0.25, -0.2) is 9.38 Å². The summed E-state index contributed by atoms with van der Waals surface area (Å²) in [6.45, 7) is 1.23. The highest BCUT2D eigenvalue weighted by Crippen LogP contribution is 2.27. The van der Waals surface area contributed by atoms with Crippen molar-refractivity contribution in [1.82, 2.24) is 4.90 Å². The third kappa shape index (κ3) is 8.51. The molecule has 0 spiro atoms. The Hall–Kier alpha value is -3.00. The van der Waals surface area contributed by atoms with Crippen LogP contribution in [0, 0.1) is 5.82 Å². The van der Waals surface area contributed by atoms with Crippen molar-refractivity contribution in [2.75, 3.05) is 14.2 Å². The highest BCUT2D eigenvalue weighted by molar-refractivity contribution is 8.93. The van der Waals surface area contributed by atoms with Gasteiger partial charge in [-0.1, -0.05) is 78.0 Å². The molecule has 198 valence electrons. The molecule has 4 nitrogen and oxygen atoms in total. The summed E-state index contributed by atoms with van der Waals surface area (Å²) in [6.07, 6.45) is 0. The van der Waals surface area contributed by atoms with Gasteiger partial charge < -0.3 is 14.4 Å². The molecule has 0 saturated carbocycles. The fourth-order valence-electron chi connectivity index (χ4n) is 3.68. The number of hydrogen-bond donors (Lipinski definition) is 0. The predicted molar refractivity (Wildman–Crippen MR) is 162 cm³/mol. The van der Waals surface area contributed by atoms with Crippen LogP contribution in [0.2, 0.25) is 5.02 Å². The summed E-state index contributed by atoms with van der Waals surface area (Å²) >= 11 is 7.71. The van der Waals surface area contributed by atoms with Crippen LogP contribution in [0.15, 0.2) is 102 Å². The minimum atomic E-state index is -0.465. The van der Waals surface area contributed by atoms with E-state index in [9.17, 15) is 4.39 Å². The van der Waals surface area contributed by atoms with Gasteiger partial charge in [0.05, 0.1) is 24.9 Å². The molecule has 0 unspecified atom stereocenters. The number of aliphatic imine (C=N–C) groups is 1. The predicted octanol–water partition coefficient (Wildman–Crippen LogP) is 8.70. The van der Waals surface area contributed by atoms with Crippen molar-refractivity contribution >= 4 is 51.2 Å². The summed E-state index contributed by atoms with van der Waals surface area (Å²) in [7, 11) is 3.31. The quantitative estimate of drug-likeness (QED) is 0.139. The minimum absolute atomic E-state index is 0. The lowest BCUT2D eigenvalue weighted by atomic mass is 10.1. The lowest BCUT2D eigenvalue weighted by Crippen LogP contribution is -2.28. The van der Waals surface area contributed by atoms with Crippen molar-refractivity contribution < 1.29 is 13.9 Å². The van der Waals surface area contributed by atoms with Gasteiger partial charge in [-0.3, -0.25) is 0 Å². The molecule has 0 radical (unpaired) electrons. The van der Waals surface area contributed by atoms with Crippen LogP contribution >= 0.6 is 40.3 Å². The third-order valence-corrected chi connectivity index (χ3v) is 7.05. The van der Waals surface area contributed by atoms with Gasteiger partial charge in [0.1, 0.15) is 17.3 Å². The number of amidine groups is 1. The number of hydrogen-bond acceptors (Lipinski definition) is 4. The highest BCUT2D eigenvalue weighted by atomic mass is 79.9. The Labute approximate surface area is 243 Å². The molecular formula is C30H29BrClFN2O2S. The lowest BCUT2D eigenvalue weighted by Gasteiger charge is -2.26. The maximum atomic E-state index is 13.8. The van der Waals surface area contributed by atoms with E-state index in [1.54, 1.807) is 38.1 Å². The van der Waals surface area contributed by atoms with Gasteiger partial charge in [-0.2, -0.15) is 0 Å². The van der Waals surface area contributed by atoms with E-state index in [0.717, 1.165) is 33.5 Å². The summed E-state index contributed by atoms with van der Waals surface area (Å²) in [5.41, 5.74) is 4.00. The Kier molecular flexibility index (Phi) is 11.5. The molecule has 0 fully saturated rings. The van der Waals surface area contributed by atoms with Gasteiger partial charge in [0.15, 0.2) is 5.17 Å². The fourth-order valence-corrected chi connectivity index (χ4v) is 4.82. The average molecular weight is 616 g/mol. The summed E-state index contributed by atoms with van der Waals surface area (Å²) in [5, 5.41) is 0.851. The van der Waals surface area contributed by atoms with E-state index in [4.69, 9.17) is 26.1 Å². The Morgan fingerprint density at radius 2 is 1.34 bits per heavy atom. The van der Waals surface area contributed by atoms with Crippen molar-refractivity contribution in [1.29, 1.82) is 0 Å². The first kappa shape index (κ1) is 29.6. The maximum Gasteiger partial charge on any atom is 0.165 e.